The fraction of sp³-hybridized carbons (Fsp3) is 0.500. The highest BCUT2D eigenvalue weighted by molar-refractivity contribution is 5.81. The second-order valence-corrected chi connectivity index (χ2v) is 5.05. The molecule has 96 valence electrons. The molecule has 0 saturated carbocycles. The smallest absolute Gasteiger partial charge is 0.192 e. The van der Waals surface area contributed by atoms with Gasteiger partial charge in [0, 0.05) is 18.0 Å². The number of ether oxygens (including phenoxy) is 1. The van der Waals surface area contributed by atoms with Gasteiger partial charge in [-0.15, -0.1) is 0 Å². The van der Waals surface area contributed by atoms with E-state index in [9.17, 15) is 0 Å². The van der Waals surface area contributed by atoms with Crippen LogP contribution in [0.15, 0.2) is 29.3 Å². The lowest BCUT2D eigenvalue weighted by Gasteiger charge is -2.46. The Morgan fingerprint density at radius 3 is 3.06 bits per heavy atom. The molecule has 0 saturated heterocycles. The number of hydrogen-bond donors (Lipinski definition) is 1. The van der Waals surface area contributed by atoms with E-state index in [-0.39, 0.29) is 5.54 Å². The van der Waals surface area contributed by atoms with Crippen LogP contribution in [0.25, 0.3) is 0 Å². The van der Waals surface area contributed by atoms with E-state index >= 15 is 0 Å². The Hall–Kier alpha value is -1.71. The molecule has 0 fully saturated rings. The molecule has 1 aromatic rings. The number of nitrogens with two attached hydrogens (primary N) is 1. The molecule has 0 aliphatic carbocycles. The molecule has 2 N–H and O–H groups in total. The Morgan fingerprint density at radius 2 is 2.28 bits per heavy atom. The predicted octanol–water partition coefficient (Wildman–Crippen LogP) is 1.56. The third kappa shape index (κ3) is 1.29. The van der Waals surface area contributed by atoms with Gasteiger partial charge in [-0.2, -0.15) is 0 Å². The number of aliphatic imine (C=N–C) groups is 1. The van der Waals surface area contributed by atoms with E-state index in [0.29, 0.717) is 11.9 Å². The summed E-state index contributed by atoms with van der Waals surface area (Å²) >= 11 is 0. The molecular formula is C14H19N3O. The lowest BCUT2D eigenvalue weighted by atomic mass is 9.76. The van der Waals surface area contributed by atoms with Gasteiger partial charge in [0.2, 0.25) is 0 Å². The Morgan fingerprint density at radius 1 is 1.50 bits per heavy atom. The molecule has 1 spiro atoms. The van der Waals surface area contributed by atoms with E-state index in [4.69, 9.17) is 10.5 Å². The third-order valence-electron chi connectivity index (χ3n) is 4.21. The van der Waals surface area contributed by atoms with Gasteiger partial charge in [-0.1, -0.05) is 25.1 Å². The van der Waals surface area contributed by atoms with Crippen molar-refractivity contribution < 1.29 is 4.74 Å². The van der Waals surface area contributed by atoms with Crippen LogP contribution < -0.4 is 10.5 Å². The summed E-state index contributed by atoms with van der Waals surface area (Å²) in [6.45, 7) is 6.66. The van der Waals surface area contributed by atoms with Gasteiger partial charge in [0.15, 0.2) is 5.96 Å². The summed E-state index contributed by atoms with van der Waals surface area (Å²) in [5.74, 6) is 2.00. The minimum absolute atomic E-state index is 0.117. The quantitative estimate of drug-likeness (QED) is 0.817. The monoisotopic (exact) mass is 245 g/mol. The SMILES string of the molecule is CCN1C(N)=NCC12c1ccccc1OCC2C. The third-order valence-corrected chi connectivity index (χ3v) is 4.21. The van der Waals surface area contributed by atoms with Crippen LogP contribution in [0.2, 0.25) is 0 Å². The van der Waals surface area contributed by atoms with Gasteiger partial charge < -0.3 is 15.4 Å². The number of likely N-dealkylation sites (N-methyl/N-ethyl adjacent to an activating group) is 1. The number of para-hydroxylation sites is 1. The van der Waals surface area contributed by atoms with E-state index in [0.717, 1.165) is 25.4 Å². The van der Waals surface area contributed by atoms with Crippen LogP contribution in [0.5, 0.6) is 5.75 Å². The number of hydrogen-bond acceptors (Lipinski definition) is 4. The Balaban J connectivity index is 2.16. The molecule has 0 amide bonds. The van der Waals surface area contributed by atoms with Crippen LogP contribution in [-0.4, -0.2) is 30.6 Å². The molecule has 2 aliphatic heterocycles. The van der Waals surface area contributed by atoms with Crippen LogP contribution in [0, 0.1) is 5.92 Å². The number of nitrogens with zero attached hydrogens (tertiary/aromatic N) is 2. The standard InChI is InChI=1S/C14H19N3O/c1-3-17-13(15)16-9-14(17)10(2)8-18-12-7-5-4-6-11(12)14/h4-7,10H,3,8-9H2,1-2H3,(H2,15,16). The first-order chi connectivity index (χ1) is 8.70. The van der Waals surface area contributed by atoms with Crippen molar-refractivity contribution >= 4 is 5.96 Å². The van der Waals surface area contributed by atoms with E-state index in [1.54, 1.807) is 0 Å². The lowest BCUT2D eigenvalue weighted by Crippen LogP contribution is -2.56. The number of rotatable bonds is 1. The molecule has 4 heteroatoms. The van der Waals surface area contributed by atoms with Gasteiger partial charge in [0.1, 0.15) is 5.75 Å². The van der Waals surface area contributed by atoms with Crippen LogP contribution >= 0.6 is 0 Å². The van der Waals surface area contributed by atoms with Crippen LogP contribution in [0.1, 0.15) is 19.4 Å². The molecule has 0 aromatic heterocycles. The number of fused-ring (bicyclic) bond motifs is 2. The van der Waals surface area contributed by atoms with E-state index in [2.05, 4.69) is 35.9 Å². The zero-order valence-electron chi connectivity index (χ0n) is 10.9. The number of benzene rings is 1. The fourth-order valence-corrected chi connectivity index (χ4v) is 3.24. The molecular weight excluding hydrogens is 226 g/mol. The van der Waals surface area contributed by atoms with Gasteiger partial charge in [-0.3, -0.25) is 4.99 Å². The topological polar surface area (TPSA) is 50.8 Å². The largest absolute Gasteiger partial charge is 0.493 e. The van der Waals surface area contributed by atoms with Crippen molar-refractivity contribution in [2.24, 2.45) is 16.6 Å². The van der Waals surface area contributed by atoms with Crippen molar-refractivity contribution in [1.29, 1.82) is 0 Å². The average molecular weight is 245 g/mol. The van der Waals surface area contributed by atoms with E-state index < -0.39 is 0 Å². The van der Waals surface area contributed by atoms with Crippen molar-refractivity contribution in [2.45, 2.75) is 19.4 Å². The van der Waals surface area contributed by atoms with Crippen molar-refractivity contribution in [2.75, 3.05) is 19.7 Å². The highest BCUT2D eigenvalue weighted by Gasteiger charge is 2.50. The molecule has 18 heavy (non-hydrogen) atoms. The normalized spacial score (nSPS) is 30.0. The first-order valence-corrected chi connectivity index (χ1v) is 6.50. The average Bonchev–Trinajstić information content (AvgIpc) is 2.73. The molecule has 0 radical (unpaired) electrons. The Labute approximate surface area is 107 Å². The molecule has 2 unspecified atom stereocenters. The van der Waals surface area contributed by atoms with Crippen LogP contribution in [0.4, 0.5) is 0 Å². The minimum atomic E-state index is -0.117. The number of guanidine groups is 1. The van der Waals surface area contributed by atoms with Gasteiger partial charge in [-0.25, -0.2) is 0 Å². The summed E-state index contributed by atoms with van der Waals surface area (Å²) < 4.78 is 5.83. The highest BCUT2D eigenvalue weighted by atomic mass is 16.5. The summed E-state index contributed by atoms with van der Waals surface area (Å²) in [6, 6.07) is 8.25. The van der Waals surface area contributed by atoms with Gasteiger partial charge >= 0.3 is 0 Å². The van der Waals surface area contributed by atoms with E-state index in [1.807, 2.05) is 12.1 Å². The second kappa shape index (κ2) is 3.90. The zero-order valence-corrected chi connectivity index (χ0v) is 10.9. The Bertz CT molecular complexity index is 500. The lowest BCUT2D eigenvalue weighted by molar-refractivity contribution is 0.0628. The second-order valence-electron chi connectivity index (χ2n) is 5.05. The summed E-state index contributed by atoms with van der Waals surface area (Å²) in [6.07, 6.45) is 0. The minimum Gasteiger partial charge on any atom is -0.493 e. The van der Waals surface area contributed by atoms with E-state index in [1.165, 1.54) is 5.56 Å². The predicted molar refractivity (Wildman–Crippen MR) is 71.6 cm³/mol. The van der Waals surface area contributed by atoms with Crippen molar-refractivity contribution in [3.8, 4) is 5.75 Å². The van der Waals surface area contributed by atoms with Crippen molar-refractivity contribution in [3.63, 3.8) is 0 Å². The maximum absolute atomic E-state index is 6.05. The van der Waals surface area contributed by atoms with Crippen molar-refractivity contribution in [3.05, 3.63) is 29.8 Å². The summed E-state index contributed by atoms with van der Waals surface area (Å²) in [4.78, 5) is 6.70. The molecule has 2 aliphatic rings. The molecule has 0 bridgehead atoms. The van der Waals surface area contributed by atoms with Crippen LogP contribution in [0.3, 0.4) is 0 Å². The first-order valence-electron chi connectivity index (χ1n) is 6.50. The Kier molecular flexibility index (Phi) is 2.47. The fourth-order valence-electron chi connectivity index (χ4n) is 3.24. The van der Waals surface area contributed by atoms with Gasteiger partial charge in [0.25, 0.3) is 0 Å². The molecule has 2 atom stereocenters. The summed E-state index contributed by atoms with van der Waals surface area (Å²) in [5.41, 5.74) is 7.15. The van der Waals surface area contributed by atoms with Crippen LogP contribution in [-0.2, 0) is 5.54 Å². The molecule has 2 heterocycles. The molecule has 3 rings (SSSR count). The highest BCUT2D eigenvalue weighted by Crippen LogP contribution is 2.46. The summed E-state index contributed by atoms with van der Waals surface area (Å²) in [7, 11) is 0. The molecule has 1 aromatic carbocycles. The maximum Gasteiger partial charge on any atom is 0.192 e. The maximum atomic E-state index is 6.05. The first kappa shape index (κ1) is 11.4. The van der Waals surface area contributed by atoms with Crippen molar-refractivity contribution in [1.82, 2.24) is 4.90 Å². The summed E-state index contributed by atoms with van der Waals surface area (Å²) in [5, 5.41) is 0. The zero-order chi connectivity index (χ0) is 12.8. The van der Waals surface area contributed by atoms with Gasteiger partial charge in [-0.05, 0) is 13.0 Å². The van der Waals surface area contributed by atoms with Gasteiger partial charge in [0.05, 0.1) is 18.7 Å². The molecule has 4 nitrogen and oxygen atoms in total.